The minimum Gasteiger partial charge on any atom is -0.379 e. The lowest BCUT2D eigenvalue weighted by Crippen LogP contribution is -2.35. The van der Waals surface area contributed by atoms with E-state index in [4.69, 9.17) is 0 Å². The number of nitrogens with one attached hydrogen (secondary N) is 1. The first-order valence-electron chi connectivity index (χ1n) is 3.77. The minimum atomic E-state index is -4.33. The van der Waals surface area contributed by atoms with Crippen molar-refractivity contribution in [2.24, 2.45) is 5.92 Å². The fraction of sp³-hybridized carbons (Fsp3) is 0.750. The highest BCUT2D eigenvalue weighted by molar-refractivity contribution is 5.01. The van der Waals surface area contributed by atoms with Gasteiger partial charge in [-0.25, -0.2) is 0 Å². The van der Waals surface area contributed by atoms with Crippen LogP contribution in [0.15, 0.2) is 12.3 Å². The second-order valence-corrected chi connectivity index (χ2v) is 3.15. The molecule has 0 unspecified atom stereocenters. The van der Waals surface area contributed by atoms with Crippen LogP contribution in [0.5, 0.6) is 0 Å². The van der Waals surface area contributed by atoms with Gasteiger partial charge in [-0.15, -0.1) is 0 Å². The molecule has 0 aromatic rings. The Morgan fingerprint density at radius 3 is 1.92 bits per heavy atom. The molecular formula is C8H14F3N. The Kier molecular flexibility index (Phi) is 3.61. The van der Waals surface area contributed by atoms with E-state index >= 15 is 0 Å². The summed E-state index contributed by atoms with van der Waals surface area (Å²) in [5.74, 6) is 0.157. The molecule has 72 valence electrons. The highest BCUT2D eigenvalue weighted by Gasteiger charge is 2.32. The van der Waals surface area contributed by atoms with Gasteiger partial charge < -0.3 is 5.32 Å². The van der Waals surface area contributed by atoms with E-state index in [2.05, 4.69) is 11.9 Å². The first-order chi connectivity index (χ1) is 5.25. The van der Waals surface area contributed by atoms with Crippen molar-refractivity contribution >= 4 is 0 Å². The maximum absolute atomic E-state index is 11.9. The molecule has 0 bridgehead atoms. The predicted molar refractivity (Wildman–Crippen MR) is 42.6 cm³/mol. The minimum absolute atomic E-state index is 0.157. The van der Waals surface area contributed by atoms with Crippen molar-refractivity contribution < 1.29 is 13.2 Å². The monoisotopic (exact) mass is 181 g/mol. The molecular weight excluding hydrogens is 167 g/mol. The molecule has 0 aromatic heterocycles. The highest BCUT2D eigenvalue weighted by atomic mass is 19.4. The predicted octanol–water partition coefficient (Wildman–Crippen LogP) is 2.70. The zero-order valence-corrected chi connectivity index (χ0v) is 7.50. The third-order valence-electron chi connectivity index (χ3n) is 1.74. The van der Waals surface area contributed by atoms with Crippen LogP contribution in [0.3, 0.4) is 0 Å². The molecule has 0 saturated heterocycles. The van der Waals surface area contributed by atoms with Crippen molar-refractivity contribution in [1.29, 1.82) is 0 Å². The summed E-state index contributed by atoms with van der Waals surface area (Å²) in [6, 6.07) is -0.209. The van der Waals surface area contributed by atoms with Crippen LogP contribution in [0.1, 0.15) is 20.8 Å². The molecule has 0 aliphatic heterocycles. The van der Waals surface area contributed by atoms with Crippen LogP contribution in [0, 0.1) is 5.92 Å². The number of halogens is 3. The van der Waals surface area contributed by atoms with Gasteiger partial charge in [0.1, 0.15) is 5.70 Å². The van der Waals surface area contributed by atoms with Gasteiger partial charge in [-0.05, 0) is 12.8 Å². The van der Waals surface area contributed by atoms with Crippen molar-refractivity contribution in [1.82, 2.24) is 5.32 Å². The number of alkyl halides is 3. The van der Waals surface area contributed by atoms with Gasteiger partial charge in [0.05, 0.1) is 0 Å². The zero-order valence-electron chi connectivity index (χ0n) is 7.50. The Morgan fingerprint density at radius 2 is 1.67 bits per heavy atom. The molecule has 0 saturated carbocycles. The Bertz CT molecular complexity index is 160. The van der Waals surface area contributed by atoms with E-state index in [1.54, 1.807) is 6.92 Å². The molecule has 0 aliphatic carbocycles. The van der Waals surface area contributed by atoms with Gasteiger partial charge >= 0.3 is 6.18 Å². The largest absolute Gasteiger partial charge is 0.430 e. The Hall–Kier alpha value is -0.670. The van der Waals surface area contributed by atoms with Gasteiger partial charge in [0, 0.05) is 6.04 Å². The van der Waals surface area contributed by atoms with E-state index in [9.17, 15) is 13.2 Å². The topological polar surface area (TPSA) is 12.0 Å². The molecule has 0 aromatic carbocycles. The van der Waals surface area contributed by atoms with Gasteiger partial charge in [-0.2, -0.15) is 13.2 Å². The second-order valence-electron chi connectivity index (χ2n) is 3.15. The molecule has 0 amide bonds. The first kappa shape index (κ1) is 11.3. The quantitative estimate of drug-likeness (QED) is 0.705. The lowest BCUT2D eigenvalue weighted by atomic mass is 10.1. The molecule has 1 atom stereocenters. The number of hydrogen-bond donors (Lipinski definition) is 1. The first-order valence-corrected chi connectivity index (χ1v) is 3.77. The third kappa shape index (κ3) is 3.64. The standard InChI is InChI=1S/C8H14F3N/c1-5(2)6(3)12-7(4)8(9,10)11/h5-6,12H,4H2,1-3H3/t6-/m1/s1. The Balaban J connectivity index is 4.02. The number of hydrogen-bond acceptors (Lipinski definition) is 1. The van der Waals surface area contributed by atoms with Gasteiger partial charge in [-0.1, -0.05) is 20.4 Å². The van der Waals surface area contributed by atoms with Crippen LogP contribution < -0.4 is 5.32 Å². The molecule has 0 spiro atoms. The molecule has 0 radical (unpaired) electrons. The lowest BCUT2D eigenvalue weighted by molar-refractivity contribution is -0.0975. The van der Waals surface area contributed by atoms with Crippen LogP contribution in [-0.2, 0) is 0 Å². The normalized spacial score (nSPS) is 14.6. The molecule has 12 heavy (non-hydrogen) atoms. The molecule has 4 heteroatoms. The molecule has 1 N–H and O–H groups in total. The number of allylic oxidation sites excluding steroid dienone is 1. The highest BCUT2D eigenvalue weighted by Crippen LogP contribution is 2.22. The summed E-state index contributed by atoms with van der Waals surface area (Å²) >= 11 is 0. The van der Waals surface area contributed by atoms with Crippen LogP contribution >= 0.6 is 0 Å². The summed E-state index contributed by atoms with van der Waals surface area (Å²) in [6.07, 6.45) is -4.33. The van der Waals surface area contributed by atoms with E-state index in [-0.39, 0.29) is 12.0 Å². The SMILES string of the molecule is C=C(N[C@H](C)C(C)C)C(F)(F)F. The van der Waals surface area contributed by atoms with Gasteiger partial charge in [0.25, 0.3) is 0 Å². The van der Waals surface area contributed by atoms with Crippen LogP contribution in [-0.4, -0.2) is 12.2 Å². The molecule has 0 fully saturated rings. The summed E-state index contributed by atoms with van der Waals surface area (Å²) in [4.78, 5) is 0. The van der Waals surface area contributed by atoms with Gasteiger partial charge in [0.2, 0.25) is 0 Å². The third-order valence-corrected chi connectivity index (χ3v) is 1.74. The maximum Gasteiger partial charge on any atom is 0.430 e. The molecule has 0 rings (SSSR count). The van der Waals surface area contributed by atoms with E-state index in [0.717, 1.165) is 0 Å². The smallest absolute Gasteiger partial charge is 0.379 e. The summed E-state index contributed by atoms with van der Waals surface area (Å²) in [7, 11) is 0. The van der Waals surface area contributed by atoms with Gasteiger partial charge in [0.15, 0.2) is 0 Å². The van der Waals surface area contributed by atoms with E-state index in [1.165, 1.54) is 0 Å². The summed E-state index contributed by atoms with van der Waals surface area (Å²) in [5.41, 5.74) is -0.872. The average molecular weight is 181 g/mol. The second kappa shape index (κ2) is 3.83. The lowest BCUT2D eigenvalue weighted by Gasteiger charge is -2.21. The fourth-order valence-corrected chi connectivity index (χ4v) is 0.523. The van der Waals surface area contributed by atoms with Crippen LogP contribution in [0.4, 0.5) is 13.2 Å². The van der Waals surface area contributed by atoms with Crippen molar-refractivity contribution in [2.75, 3.05) is 0 Å². The van der Waals surface area contributed by atoms with Crippen molar-refractivity contribution in [3.05, 3.63) is 12.3 Å². The van der Waals surface area contributed by atoms with E-state index < -0.39 is 11.9 Å². The molecule has 0 aliphatic rings. The maximum atomic E-state index is 11.9. The van der Waals surface area contributed by atoms with Crippen molar-refractivity contribution in [3.8, 4) is 0 Å². The Labute approximate surface area is 70.7 Å². The summed E-state index contributed by atoms with van der Waals surface area (Å²) in [6.45, 7) is 8.31. The molecule has 0 heterocycles. The average Bonchev–Trinajstić information content (AvgIpc) is 1.85. The van der Waals surface area contributed by atoms with Gasteiger partial charge in [-0.3, -0.25) is 0 Å². The van der Waals surface area contributed by atoms with E-state index in [1.807, 2.05) is 13.8 Å². The van der Waals surface area contributed by atoms with E-state index in [0.29, 0.717) is 0 Å². The zero-order chi connectivity index (χ0) is 9.94. The summed E-state index contributed by atoms with van der Waals surface area (Å²) < 4.78 is 35.7. The number of rotatable bonds is 3. The van der Waals surface area contributed by atoms with Crippen molar-refractivity contribution in [3.63, 3.8) is 0 Å². The summed E-state index contributed by atoms with van der Waals surface area (Å²) in [5, 5.41) is 2.30. The fourth-order valence-electron chi connectivity index (χ4n) is 0.523. The Morgan fingerprint density at radius 1 is 1.25 bits per heavy atom. The van der Waals surface area contributed by atoms with Crippen LogP contribution in [0.25, 0.3) is 0 Å². The molecule has 1 nitrogen and oxygen atoms in total. The van der Waals surface area contributed by atoms with Crippen molar-refractivity contribution in [2.45, 2.75) is 33.0 Å². The van der Waals surface area contributed by atoms with Crippen LogP contribution in [0.2, 0.25) is 0 Å².